The molecule has 4 saturated carbocycles. The Morgan fingerprint density at radius 2 is 1.76 bits per heavy atom. The van der Waals surface area contributed by atoms with Gasteiger partial charge in [0, 0.05) is 16.7 Å². The average molecular weight is 647 g/mol. The molecular weight excluding hydrogens is 605 g/mol. The summed E-state index contributed by atoms with van der Waals surface area (Å²) >= 11 is 3.39. The van der Waals surface area contributed by atoms with Crippen LogP contribution in [0.5, 0.6) is 11.5 Å². The van der Waals surface area contributed by atoms with Crippen LogP contribution in [0.1, 0.15) is 80.2 Å². The Labute approximate surface area is 272 Å². The number of nitrogens with two attached hydrogens (primary N) is 1. The SMILES string of the molecule is CC(=O)C1CCC(C(=O)Oc2ccc(OC(O)C3CCC(CN)CC3)c3sc(C4=Cc5sccc5CC5C6C[C@@H]6C45)nc23)CC1. The smallest absolute Gasteiger partial charge is 0.314 e. The van der Waals surface area contributed by atoms with Gasteiger partial charge in [0.15, 0.2) is 12.0 Å². The van der Waals surface area contributed by atoms with Crippen LogP contribution in [0.2, 0.25) is 0 Å². The third-order valence-electron chi connectivity index (χ3n) is 11.7. The van der Waals surface area contributed by atoms with Crippen LogP contribution in [0.3, 0.4) is 0 Å². The van der Waals surface area contributed by atoms with Gasteiger partial charge in [0.2, 0.25) is 0 Å². The largest absolute Gasteiger partial charge is 0.463 e. The van der Waals surface area contributed by atoms with Gasteiger partial charge in [-0.05, 0) is 148 Å². The number of hydrogen-bond acceptors (Lipinski definition) is 9. The number of aliphatic hydroxyl groups is 1. The lowest BCUT2D eigenvalue weighted by molar-refractivity contribution is -0.141. The van der Waals surface area contributed by atoms with Crippen molar-refractivity contribution in [2.75, 3.05) is 6.54 Å². The normalized spacial score (nSPS) is 32.6. The minimum absolute atomic E-state index is 0.0492. The minimum atomic E-state index is -0.920. The number of aliphatic hydroxyl groups excluding tert-OH is 1. The predicted octanol–water partition coefficient (Wildman–Crippen LogP) is 7.10. The highest BCUT2D eigenvalue weighted by Gasteiger charge is 2.62. The second kappa shape index (κ2) is 11.9. The first-order valence-electron chi connectivity index (χ1n) is 16.9. The number of fused-ring (bicyclic) bond motifs is 6. The van der Waals surface area contributed by atoms with Gasteiger partial charge in [-0.3, -0.25) is 9.59 Å². The third kappa shape index (κ3) is 5.47. The van der Waals surface area contributed by atoms with Crippen molar-refractivity contribution >= 4 is 56.3 Å². The number of ketones is 1. The van der Waals surface area contributed by atoms with Gasteiger partial charge in [-0.15, -0.1) is 22.7 Å². The summed E-state index contributed by atoms with van der Waals surface area (Å²) in [5.74, 6) is 4.12. The summed E-state index contributed by atoms with van der Waals surface area (Å²) in [5, 5.41) is 14.4. The molecule has 0 spiro atoms. The number of esters is 1. The Morgan fingerprint density at radius 1 is 1.00 bits per heavy atom. The fourth-order valence-electron chi connectivity index (χ4n) is 8.78. The second-order valence-corrected chi connectivity index (χ2v) is 16.2. The van der Waals surface area contributed by atoms with Crippen LogP contribution >= 0.6 is 22.7 Å². The van der Waals surface area contributed by atoms with E-state index in [2.05, 4.69) is 17.5 Å². The molecule has 7 nitrogen and oxygen atoms in total. The van der Waals surface area contributed by atoms with Crippen molar-refractivity contribution in [2.45, 2.75) is 77.4 Å². The van der Waals surface area contributed by atoms with Crippen molar-refractivity contribution in [1.82, 2.24) is 4.98 Å². The van der Waals surface area contributed by atoms with Gasteiger partial charge in [0.05, 0.1) is 5.92 Å². The number of ether oxygens (including phenoxy) is 2. The summed E-state index contributed by atoms with van der Waals surface area (Å²) in [6.45, 7) is 2.34. The molecule has 238 valence electrons. The standard InChI is InChI=1S/C36H42N2O5S2/c1-18(39)20-6-8-22(9-7-20)35(40)42-28-10-11-29(43-36(41)21-4-2-19(17-37)3-5-21)33-32(28)38-34(45-33)27-16-30-23(12-13-44-30)14-25-24-15-26(24)31(25)27/h10-13,16,19-22,24-26,31,36,41H,2-9,14-15,17,37H2,1H3/t19?,20?,21?,22?,24?,25?,26-,31?,36?/m0/s1. The highest BCUT2D eigenvalue weighted by molar-refractivity contribution is 7.20. The Morgan fingerprint density at radius 3 is 2.51 bits per heavy atom. The van der Waals surface area contributed by atoms with E-state index in [9.17, 15) is 14.7 Å². The molecule has 1 aromatic carbocycles. The molecule has 3 aromatic rings. The Kier molecular flexibility index (Phi) is 7.87. The van der Waals surface area contributed by atoms with E-state index in [-0.39, 0.29) is 29.5 Å². The van der Waals surface area contributed by atoms with Crippen molar-refractivity contribution in [2.24, 2.45) is 53.1 Å². The zero-order valence-corrected chi connectivity index (χ0v) is 27.4. The number of thiophene rings is 1. The fourth-order valence-corrected chi connectivity index (χ4v) is 10.8. The molecular formula is C36H42N2O5S2. The summed E-state index contributed by atoms with van der Waals surface area (Å²) in [7, 11) is 0. The number of allylic oxidation sites excluding steroid dienone is 1. The molecule has 3 N–H and O–H groups in total. The van der Waals surface area contributed by atoms with Gasteiger partial charge >= 0.3 is 5.97 Å². The molecule has 0 amide bonds. The number of nitrogens with zero attached hydrogens (tertiary/aromatic N) is 1. The molecule has 45 heavy (non-hydrogen) atoms. The number of benzene rings is 1. The van der Waals surface area contributed by atoms with Crippen LogP contribution < -0.4 is 15.2 Å². The highest BCUT2D eigenvalue weighted by Crippen LogP contribution is 2.69. The van der Waals surface area contributed by atoms with Crippen molar-refractivity contribution in [3.05, 3.63) is 39.0 Å². The van der Waals surface area contributed by atoms with E-state index in [1.54, 1.807) is 35.7 Å². The second-order valence-electron chi connectivity index (χ2n) is 14.2. The number of rotatable bonds is 8. The lowest BCUT2D eigenvalue weighted by atomic mass is 9.68. The summed E-state index contributed by atoms with van der Waals surface area (Å²) in [4.78, 5) is 31.8. The molecule has 0 bridgehead atoms. The Balaban J connectivity index is 1.12. The lowest BCUT2D eigenvalue weighted by Gasteiger charge is -2.36. The molecule has 2 aromatic heterocycles. The van der Waals surface area contributed by atoms with Crippen LogP contribution in [-0.2, 0) is 16.0 Å². The molecule has 5 aliphatic carbocycles. The van der Waals surface area contributed by atoms with Crippen LogP contribution in [-0.4, -0.2) is 34.7 Å². The van der Waals surface area contributed by atoms with Gasteiger partial charge in [-0.1, -0.05) is 0 Å². The average Bonchev–Trinajstić information content (AvgIpc) is 3.36. The number of thiazole rings is 1. The topological polar surface area (TPSA) is 112 Å². The van der Waals surface area contributed by atoms with Gasteiger partial charge in [0.25, 0.3) is 0 Å². The maximum absolute atomic E-state index is 13.4. The van der Waals surface area contributed by atoms with Gasteiger partial charge in [-0.2, -0.15) is 0 Å². The number of Topliss-reactive ketones (excluding diaryl/α,β-unsaturated/α-hetero) is 1. The van der Waals surface area contributed by atoms with Crippen LogP contribution in [0.15, 0.2) is 23.6 Å². The fraction of sp³-hybridized carbons (Fsp3) is 0.583. The Hall–Kier alpha value is -2.59. The quantitative estimate of drug-likeness (QED) is 0.153. The summed E-state index contributed by atoms with van der Waals surface area (Å²) in [6.07, 6.45) is 10.5. The molecule has 8 rings (SSSR count). The minimum Gasteiger partial charge on any atom is -0.463 e. The Bertz CT molecular complexity index is 1640. The van der Waals surface area contributed by atoms with Gasteiger partial charge < -0.3 is 20.3 Å². The monoisotopic (exact) mass is 646 g/mol. The molecule has 0 saturated heterocycles. The predicted molar refractivity (Wildman–Crippen MR) is 177 cm³/mol. The first-order chi connectivity index (χ1) is 21.9. The van der Waals surface area contributed by atoms with Crippen molar-refractivity contribution in [1.29, 1.82) is 0 Å². The number of hydrogen-bond donors (Lipinski definition) is 2. The van der Waals surface area contributed by atoms with Crippen molar-refractivity contribution in [3.8, 4) is 11.5 Å². The van der Waals surface area contributed by atoms with Crippen LogP contribution in [0.4, 0.5) is 0 Å². The number of carbonyl (C=O) groups is 2. The van der Waals surface area contributed by atoms with E-state index >= 15 is 0 Å². The number of carbonyl (C=O) groups excluding carboxylic acids is 2. The van der Waals surface area contributed by atoms with E-state index in [1.165, 1.54) is 22.4 Å². The third-order valence-corrected chi connectivity index (χ3v) is 13.7. The summed E-state index contributed by atoms with van der Waals surface area (Å²) in [6, 6.07) is 5.89. The molecule has 2 heterocycles. The maximum Gasteiger partial charge on any atom is 0.314 e. The van der Waals surface area contributed by atoms with E-state index in [1.807, 2.05) is 6.07 Å². The first kappa shape index (κ1) is 29.8. The van der Waals surface area contributed by atoms with E-state index in [0.29, 0.717) is 54.2 Å². The van der Waals surface area contributed by atoms with Crippen molar-refractivity contribution < 1.29 is 24.2 Å². The molecule has 5 atom stereocenters. The van der Waals surface area contributed by atoms with Crippen LogP contribution in [0, 0.1) is 47.3 Å². The first-order valence-corrected chi connectivity index (χ1v) is 18.6. The van der Waals surface area contributed by atoms with Crippen molar-refractivity contribution in [3.63, 3.8) is 0 Å². The molecule has 4 fully saturated rings. The summed E-state index contributed by atoms with van der Waals surface area (Å²) < 4.78 is 13.2. The molecule has 0 aliphatic heterocycles. The van der Waals surface area contributed by atoms with Gasteiger partial charge in [-0.25, -0.2) is 4.98 Å². The van der Waals surface area contributed by atoms with E-state index in [4.69, 9.17) is 20.2 Å². The lowest BCUT2D eigenvalue weighted by Crippen LogP contribution is -2.32. The molecule has 9 heteroatoms. The molecule has 4 unspecified atom stereocenters. The molecule has 0 radical (unpaired) electrons. The highest BCUT2D eigenvalue weighted by atomic mass is 32.1. The van der Waals surface area contributed by atoms with Crippen LogP contribution in [0.25, 0.3) is 21.9 Å². The zero-order valence-electron chi connectivity index (χ0n) is 25.8. The maximum atomic E-state index is 13.4. The van der Waals surface area contributed by atoms with Gasteiger partial charge in [0.1, 0.15) is 26.8 Å². The molecule has 5 aliphatic rings. The zero-order chi connectivity index (χ0) is 30.8. The summed E-state index contributed by atoms with van der Waals surface area (Å²) in [5.41, 5.74) is 9.27. The van der Waals surface area contributed by atoms with E-state index < -0.39 is 6.29 Å². The van der Waals surface area contributed by atoms with E-state index in [0.717, 1.165) is 66.5 Å². The number of aromatic nitrogens is 1.